The summed E-state index contributed by atoms with van der Waals surface area (Å²) in [6.45, 7) is 4.00. The van der Waals surface area contributed by atoms with Gasteiger partial charge in [0.1, 0.15) is 0 Å². The van der Waals surface area contributed by atoms with Crippen LogP contribution in [0.4, 0.5) is 4.79 Å². The Morgan fingerprint density at radius 1 is 1.36 bits per heavy atom. The smallest absolute Gasteiger partial charge is 0.409 e. The Balaban J connectivity index is 1.95. The van der Waals surface area contributed by atoms with Crippen molar-refractivity contribution in [3.63, 3.8) is 0 Å². The van der Waals surface area contributed by atoms with Crippen LogP contribution in [0.5, 0.6) is 0 Å². The maximum Gasteiger partial charge on any atom is 0.409 e. The monoisotopic (exact) mass is 198 g/mol. The second kappa shape index (κ2) is 3.77. The van der Waals surface area contributed by atoms with Crippen molar-refractivity contribution in [1.29, 1.82) is 0 Å². The van der Waals surface area contributed by atoms with Gasteiger partial charge in [-0.1, -0.05) is 0 Å². The fourth-order valence-corrected chi connectivity index (χ4v) is 2.48. The first-order valence-corrected chi connectivity index (χ1v) is 5.36. The van der Waals surface area contributed by atoms with Crippen LogP contribution in [0.15, 0.2) is 0 Å². The number of amides is 1. The van der Waals surface area contributed by atoms with Crippen LogP contribution >= 0.6 is 0 Å². The van der Waals surface area contributed by atoms with E-state index in [1.807, 2.05) is 11.8 Å². The Morgan fingerprint density at radius 2 is 1.93 bits per heavy atom. The molecule has 2 saturated heterocycles. The number of rotatable bonds is 1. The summed E-state index contributed by atoms with van der Waals surface area (Å²) in [6.07, 6.45) is 2.30. The fraction of sp³-hybridized carbons (Fsp3) is 0.900. The van der Waals surface area contributed by atoms with Crippen LogP contribution in [0, 0.1) is 0 Å². The molecule has 2 rings (SSSR count). The summed E-state index contributed by atoms with van der Waals surface area (Å²) in [4.78, 5) is 15.8. The van der Waals surface area contributed by atoms with E-state index in [9.17, 15) is 4.79 Å². The summed E-state index contributed by atoms with van der Waals surface area (Å²) in [7, 11) is 2.16. The zero-order valence-electron chi connectivity index (χ0n) is 8.90. The molecule has 2 aliphatic rings. The summed E-state index contributed by atoms with van der Waals surface area (Å²) in [5.74, 6) is 0. The molecule has 0 N–H and O–H groups in total. The van der Waals surface area contributed by atoms with Gasteiger partial charge >= 0.3 is 6.09 Å². The quantitative estimate of drug-likeness (QED) is 0.628. The molecule has 14 heavy (non-hydrogen) atoms. The molecule has 2 fully saturated rings. The average molecular weight is 198 g/mol. The number of nitrogens with zero attached hydrogens (tertiary/aromatic N) is 2. The van der Waals surface area contributed by atoms with Crippen molar-refractivity contribution in [3.8, 4) is 0 Å². The van der Waals surface area contributed by atoms with E-state index in [1.54, 1.807) is 0 Å². The van der Waals surface area contributed by atoms with Crippen LogP contribution in [0.1, 0.15) is 19.8 Å². The highest BCUT2D eigenvalue weighted by Crippen LogP contribution is 2.28. The predicted molar refractivity (Wildman–Crippen MR) is 53.2 cm³/mol. The number of hydrogen-bond acceptors (Lipinski definition) is 3. The molecular weight excluding hydrogens is 180 g/mol. The molecule has 2 heterocycles. The molecule has 1 amide bonds. The fourth-order valence-electron chi connectivity index (χ4n) is 2.48. The second-order valence-electron chi connectivity index (χ2n) is 4.15. The molecule has 0 aliphatic carbocycles. The Morgan fingerprint density at radius 3 is 2.43 bits per heavy atom. The van der Waals surface area contributed by atoms with Gasteiger partial charge in [0, 0.05) is 25.2 Å². The van der Waals surface area contributed by atoms with Crippen molar-refractivity contribution >= 4 is 6.09 Å². The number of carbonyl (C=O) groups is 1. The van der Waals surface area contributed by atoms with E-state index in [0.29, 0.717) is 18.7 Å². The molecule has 80 valence electrons. The number of carbonyl (C=O) groups excluding carboxylic acids is 1. The zero-order chi connectivity index (χ0) is 10.1. The number of hydrogen-bond donors (Lipinski definition) is 0. The van der Waals surface area contributed by atoms with Crippen LogP contribution in [0.3, 0.4) is 0 Å². The molecule has 2 atom stereocenters. The Kier molecular flexibility index (Phi) is 2.63. The highest BCUT2D eigenvalue weighted by molar-refractivity contribution is 5.68. The lowest BCUT2D eigenvalue weighted by Crippen LogP contribution is -2.53. The number of ether oxygens (including phenoxy) is 1. The highest BCUT2D eigenvalue weighted by Gasteiger charge is 2.39. The third-order valence-electron chi connectivity index (χ3n) is 3.37. The third-order valence-corrected chi connectivity index (χ3v) is 3.37. The van der Waals surface area contributed by atoms with Crippen molar-refractivity contribution < 1.29 is 9.53 Å². The molecule has 4 heteroatoms. The molecule has 0 spiro atoms. The summed E-state index contributed by atoms with van der Waals surface area (Å²) >= 11 is 0. The van der Waals surface area contributed by atoms with Gasteiger partial charge in [0.15, 0.2) is 0 Å². The Labute approximate surface area is 84.8 Å². The molecule has 2 unspecified atom stereocenters. The van der Waals surface area contributed by atoms with Gasteiger partial charge < -0.3 is 9.64 Å². The van der Waals surface area contributed by atoms with Crippen LogP contribution in [0.25, 0.3) is 0 Å². The molecule has 4 nitrogen and oxygen atoms in total. The topological polar surface area (TPSA) is 32.8 Å². The molecule has 0 aromatic carbocycles. The minimum atomic E-state index is -0.141. The highest BCUT2D eigenvalue weighted by atomic mass is 16.6. The molecule has 0 aromatic rings. The molecule has 0 saturated carbocycles. The largest absolute Gasteiger partial charge is 0.450 e. The van der Waals surface area contributed by atoms with Crippen LogP contribution in [0.2, 0.25) is 0 Å². The van der Waals surface area contributed by atoms with E-state index in [0.717, 1.165) is 13.1 Å². The van der Waals surface area contributed by atoms with Gasteiger partial charge in [0.25, 0.3) is 0 Å². The van der Waals surface area contributed by atoms with Gasteiger partial charge in [-0.2, -0.15) is 0 Å². The Bertz CT molecular complexity index is 218. The van der Waals surface area contributed by atoms with Crippen LogP contribution in [-0.2, 0) is 4.74 Å². The van der Waals surface area contributed by atoms with Crippen molar-refractivity contribution in [3.05, 3.63) is 0 Å². The summed E-state index contributed by atoms with van der Waals surface area (Å²) in [5.41, 5.74) is 0. The summed E-state index contributed by atoms with van der Waals surface area (Å²) in [5, 5.41) is 0. The molecule has 0 radical (unpaired) electrons. The number of likely N-dealkylation sites (N-methyl/N-ethyl adjacent to an activating group) is 1. The zero-order valence-corrected chi connectivity index (χ0v) is 8.90. The summed E-state index contributed by atoms with van der Waals surface area (Å²) < 4.78 is 5.01. The number of piperazine rings is 1. The van der Waals surface area contributed by atoms with E-state index in [1.165, 1.54) is 12.8 Å². The van der Waals surface area contributed by atoms with Gasteiger partial charge in [-0.3, -0.25) is 4.90 Å². The lowest BCUT2D eigenvalue weighted by molar-refractivity contribution is 0.0593. The first kappa shape index (κ1) is 9.77. The van der Waals surface area contributed by atoms with Crippen molar-refractivity contribution in [2.24, 2.45) is 0 Å². The standard InChI is InChI=1S/C10H18N2O2/c1-3-14-10(13)12-6-8-4-5-9(7-12)11(8)2/h8-9H,3-7H2,1-2H3. The van der Waals surface area contributed by atoms with Gasteiger partial charge in [0.2, 0.25) is 0 Å². The maximum absolute atomic E-state index is 11.5. The molecule has 0 aromatic heterocycles. The minimum absolute atomic E-state index is 0.141. The van der Waals surface area contributed by atoms with E-state index in [4.69, 9.17) is 4.74 Å². The van der Waals surface area contributed by atoms with Crippen molar-refractivity contribution in [1.82, 2.24) is 9.80 Å². The van der Waals surface area contributed by atoms with Gasteiger partial charge in [-0.15, -0.1) is 0 Å². The van der Waals surface area contributed by atoms with Gasteiger partial charge in [-0.05, 0) is 26.8 Å². The van der Waals surface area contributed by atoms with Crippen LogP contribution < -0.4 is 0 Å². The minimum Gasteiger partial charge on any atom is -0.450 e. The third kappa shape index (κ3) is 1.59. The van der Waals surface area contributed by atoms with Crippen molar-refractivity contribution in [2.45, 2.75) is 31.8 Å². The van der Waals surface area contributed by atoms with Crippen molar-refractivity contribution in [2.75, 3.05) is 26.7 Å². The normalized spacial score (nSPS) is 32.0. The lowest BCUT2D eigenvalue weighted by Gasteiger charge is -2.38. The SMILES string of the molecule is CCOC(=O)N1CC2CCC(C1)N2C. The summed E-state index contributed by atoms with van der Waals surface area (Å²) in [6, 6.07) is 1.11. The van der Waals surface area contributed by atoms with E-state index in [2.05, 4.69) is 11.9 Å². The molecular formula is C10H18N2O2. The average Bonchev–Trinajstić information content (AvgIpc) is 2.42. The first-order chi connectivity index (χ1) is 6.72. The second-order valence-corrected chi connectivity index (χ2v) is 4.15. The van der Waals surface area contributed by atoms with Gasteiger partial charge in [0.05, 0.1) is 6.61 Å². The Hall–Kier alpha value is -0.770. The van der Waals surface area contributed by atoms with E-state index >= 15 is 0 Å². The van der Waals surface area contributed by atoms with Crippen LogP contribution in [-0.4, -0.2) is 54.7 Å². The molecule has 2 aliphatic heterocycles. The number of likely N-dealkylation sites (tertiary alicyclic amines) is 1. The predicted octanol–water partition coefficient (Wildman–Crippen LogP) is 0.921. The van der Waals surface area contributed by atoms with E-state index < -0.39 is 0 Å². The number of fused-ring (bicyclic) bond motifs is 2. The molecule has 2 bridgehead atoms. The first-order valence-electron chi connectivity index (χ1n) is 5.36. The lowest BCUT2D eigenvalue weighted by atomic mass is 10.2. The van der Waals surface area contributed by atoms with E-state index in [-0.39, 0.29) is 6.09 Å². The van der Waals surface area contributed by atoms with Gasteiger partial charge in [-0.25, -0.2) is 4.79 Å². The maximum atomic E-state index is 11.5.